The molecule has 0 saturated carbocycles. The lowest BCUT2D eigenvalue weighted by Gasteiger charge is -2.15. The van der Waals surface area contributed by atoms with Crippen molar-refractivity contribution in [1.82, 2.24) is 15.6 Å². The summed E-state index contributed by atoms with van der Waals surface area (Å²) in [6.45, 7) is -0.251. The van der Waals surface area contributed by atoms with E-state index in [-0.39, 0.29) is 18.3 Å². The number of carbonyl (C=O) groups is 1. The number of thiazole rings is 1. The van der Waals surface area contributed by atoms with E-state index in [1.54, 1.807) is 17.9 Å². The minimum atomic E-state index is -5.00. The highest BCUT2D eigenvalue weighted by Gasteiger charge is 2.36. The van der Waals surface area contributed by atoms with Crippen molar-refractivity contribution >= 4 is 34.9 Å². The maximum Gasteiger partial charge on any atom is 0.416 e. The molecular weight excluding hydrogens is 462 g/mol. The Morgan fingerprint density at radius 3 is 2.28 bits per heavy atom. The number of halogens is 6. The lowest BCUT2D eigenvalue weighted by atomic mass is 10.1. The van der Waals surface area contributed by atoms with Crippen LogP contribution in [0.3, 0.4) is 0 Å². The van der Waals surface area contributed by atoms with Gasteiger partial charge in [0.25, 0.3) is 0 Å². The molecule has 2 aromatic rings. The van der Waals surface area contributed by atoms with Gasteiger partial charge in [0, 0.05) is 11.8 Å². The normalized spacial score (nSPS) is 14.0. The number of aromatic nitrogens is 1. The molecule has 0 aliphatic heterocycles. The molecule has 0 saturated heterocycles. The summed E-state index contributed by atoms with van der Waals surface area (Å²) in [7, 11) is 1.57. The van der Waals surface area contributed by atoms with Crippen molar-refractivity contribution in [2.75, 3.05) is 13.6 Å². The number of carbonyl (C=O) groups excluding carboxylic acids is 1. The van der Waals surface area contributed by atoms with Crippen LogP contribution in [0.25, 0.3) is 0 Å². The molecule has 1 amide bonds. The van der Waals surface area contributed by atoms with Crippen molar-refractivity contribution in [3.05, 3.63) is 45.9 Å². The Morgan fingerprint density at radius 1 is 1.19 bits per heavy atom. The van der Waals surface area contributed by atoms with Gasteiger partial charge in [-0.25, -0.2) is 4.98 Å². The number of hydrazone groups is 1. The summed E-state index contributed by atoms with van der Waals surface area (Å²) in [5.74, 6) is 4.76. The first kappa shape index (κ1) is 25.3. The van der Waals surface area contributed by atoms with Gasteiger partial charge in [0.2, 0.25) is 5.91 Å². The second-order valence-electron chi connectivity index (χ2n) is 6.39. The number of alkyl halides is 6. The van der Waals surface area contributed by atoms with Gasteiger partial charge in [0.15, 0.2) is 0 Å². The predicted molar refractivity (Wildman–Crippen MR) is 108 cm³/mol. The van der Waals surface area contributed by atoms with E-state index in [1.165, 1.54) is 11.3 Å². The van der Waals surface area contributed by atoms with Gasteiger partial charge in [-0.1, -0.05) is 0 Å². The van der Waals surface area contributed by atoms with Crippen molar-refractivity contribution in [3.8, 4) is 0 Å². The highest BCUT2D eigenvalue weighted by Crippen LogP contribution is 2.38. The van der Waals surface area contributed by atoms with E-state index in [9.17, 15) is 31.1 Å². The molecule has 14 heteroatoms. The van der Waals surface area contributed by atoms with Gasteiger partial charge in [-0.05, 0) is 25.2 Å². The maximum atomic E-state index is 12.9. The number of nitrogens with two attached hydrogens (primary N) is 1. The second-order valence-corrected chi connectivity index (χ2v) is 7.10. The predicted octanol–water partition coefficient (Wildman–Crippen LogP) is 3.14. The van der Waals surface area contributed by atoms with Gasteiger partial charge in [-0.15, -0.1) is 11.3 Å². The number of amides is 1. The molecule has 0 aliphatic carbocycles. The summed E-state index contributed by atoms with van der Waals surface area (Å²) in [6, 6.07) is 0.287. The first-order valence-electron chi connectivity index (χ1n) is 8.86. The van der Waals surface area contributed by atoms with Crippen LogP contribution in [0.2, 0.25) is 0 Å². The van der Waals surface area contributed by atoms with Gasteiger partial charge >= 0.3 is 12.4 Å². The summed E-state index contributed by atoms with van der Waals surface area (Å²) in [5, 5.41) is 10.5. The molecule has 1 aromatic carbocycles. The third-order valence-corrected chi connectivity index (χ3v) is 4.74. The fraction of sp³-hybridized carbons (Fsp3) is 0.333. The summed E-state index contributed by atoms with van der Waals surface area (Å²) >= 11 is 1.37. The molecule has 1 aromatic heterocycles. The molecule has 4 N–H and O–H groups in total. The molecular formula is C18H18F6N6OS. The van der Waals surface area contributed by atoms with Crippen molar-refractivity contribution in [2.24, 2.45) is 15.9 Å². The zero-order chi connectivity index (χ0) is 23.9. The fourth-order valence-electron chi connectivity index (χ4n) is 2.46. The Morgan fingerprint density at radius 2 is 1.81 bits per heavy atom. The number of benzene rings is 1. The van der Waals surface area contributed by atoms with Gasteiger partial charge in [-0.3, -0.25) is 9.79 Å². The molecule has 2 rings (SSSR count). The first-order valence-corrected chi connectivity index (χ1v) is 9.80. The summed E-state index contributed by atoms with van der Waals surface area (Å²) in [4.78, 5) is 20.0. The van der Waals surface area contributed by atoms with E-state index in [4.69, 9.17) is 5.84 Å². The van der Waals surface area contributed by atoms with Crippen LogP contribution in [0.4, 0.5) is 32.0 Å². The third kappa shape index (κ3) is 7.30. The fourth-order valence-corrected chi connectivity index (χ4v) is 3.03. The lowest BCUT2D eigenvalue weighted by molar-refractivity contribution is -0.143. The molecule has 7 nitrogen and oxygen atoms in total. The third-order valence-electron chi connectivity index (χ3n) is 4.11. The van der Waals surface area contributed by atoms with Crippen LogP contribution in [-0.4, -0.2) is 42.5 Å². The monoisotopic (exact) mass is 480 g/mol. The average Bonchev–Trinajstić information content (AvgIpc) is 3.23. The molecule has 32 heavy (non-hydrogen) atoms. The van der Waals surface area contributed by atoms with E-state index in [0.717, 1.165) is 6.21 Å². The van der Waals surface area contributed by atoms with Crippen LogP contribution >= 0.6 is 11.3 Å². The van der Waals surface area contributed by atoms with Crippen LogP contribution in [-0.2, 0) is 23.6 Å². The topological polar surface area (TPSA) is 105 Å². The standard InChI is InChI=1S/C18H18F6N6OS/c1-26-15(5-13-8-32-9-29-13)16(31)28-7-14(30-25)6-27-12-3-10(17(19,20)21)2-11(4-12)18(22,23)24/h2-4,6,8-9,15,26H,5,7,25H2,1H3,(H,28,31). The molecule has 0 bridgehead atoms. The Kier molecular flexibility index (Phi) is 8.32. The number of nitrogens with zero attached hydrogens (tertiary/aromatic N) is 3. The van der Waals surface area contributed by atoms with Crippen molar-refractivity contribution in [1.29, 1.82) is 0 Å². The summed E-state index contributed by atoms with van der Waals surface area (Å²) in [6.07, 6.45) is -8.81. The lowest BCUT2D eigenvalue weighted by Crippen LogP contribution is -2.45. The van der Waals surface area contributed by atoms with Gasteiger partial charge in [0.1, 0.15) is 0 Å². The summed E-state index contributed by atoms with van der Waals surface area (Å²) in [5.41, 5.74) is -1.36. The van der Waals surface area contributed by atoms with Crippen molar-refractivity contribution < 1.29 is 31.1 Å². The van der Waals surface area contributed by atoms with E-state index in [2.05, 4.69) is 25.7 Å². The van der Waals surface area contributed by atoms with E-state index < -0.39 is 41.1 Å². The SMILES string of the molecule is CNC(Cc1cscn1)C(=O)NCC(C=Nc1cc(C(F)(F)F)cc(C(F)(F)F)c1)=NN. The Balaban J connectivity index is 2.11. The van der Waals surface area contributed by atoms with Gasteiger partial charge in [0.05, 0.1) is 52.5 Å². The number of likely N-dealkylation sites (N-methyl/N-ethyl adjacent to an activating group) is 1. The highest BCUT2D eigenvalue weighted by atomic mass is 32.1. The molecule has 1 unspecified atom stereocenters. The van der Waals surface area contributed by atoms with Gasteiger partial charge < -0.3 is 16.5 Å². The smallest absolute Gasteiger partial charge is 0.349 e. The number of hydrogen-bond acceptors (Lipinski definition) is 7. The minimum Gasteiger partial charge on any atom is -0.349 e. The van der Waals surface area contributed by atoms with Crippen LogP contribution in [0, 0.1) is 0 Å². The van der Waals surface area contributed by atoms with Crippen LogP contribution in [0.5, 0.6) is 0 Å². The molecule has 174 valence electrons. The van der Waals surface area contributed by atoms with Crippen LogP contribution in [0.15, 0.2) is 39.2 Å². The van der Waals surface area contributed by atoms with Crippen LogP contribution < -0.4 is 16.5 Å². The zero-order valence-corrected chi connectivity index (χ0v) is 17.3. The Labute approximate surface area is 182 Å². The van der Waals surface area contributed by atoms with Gasteiger partial charge in [-0.2, -0.15) is 31.4 Å². The Hall–Kier alpha value is -3.00. The molecule has 1 atom stereocenters. The minimum absolute atomic E-state index is 0.00258. The highest BCUT2D eigenvalue weighted by molar-refractivity contribution is 7.07. The largest absolute Gasteiger partial charge is 0.416 e. The first-order chi connectivity index (χ1) is 14.9. The average molecular weight is 480 g/mol. The van der Waals surface area contributed by atoms with E-state index >= 15 is 0 Å². The second kappa shape index (κ2) is 10.5. The number of nitrogens with one attached hydrogen (secondary N) is 2. The molecule has 0 aliphatic rings. The quantitative estimate of drug-likeness (QED) is 0.234. The molecule has 1 heterocycles. The maximum absolute atomic E-state index is 12.9. The number of hydrogen-bond donors (Lipinski definition) is 3. The molecule has 0 spiro atoms. The van der Waals surface area contributed by atoms with E-state index in [1.807, 2.05) is 0 Å². The van der Waals surface area contributed by atoms with Crippen molar-refractivity contribution in [3.63, 3.8) is 0 Å². The molecule has 0 fully saturated rings. The zero-order valence-electron chi connectivity index (χ0n) is 16.5. The summed E-state index contributed by atoms with van der Waals surface area (Å²) < 4.78 is 77.6. The number of rotatable bonds is 8. The Bertz CT molecular complexity index is 939. The number of aliphatic imine (C=N–C) groups is 1. The van der Waals surface area contributed by atoms with Crippen molar-refractivity contribution in [2.45, 2.75) is 24.8 Å². The van der Waals surface area contributed by atoms with Crippen LogP contribution in [0.1, 0.15) is 16.8 Å². The van der Waals surface area contributed by atoms with E-state index in [0.29, 0.717) is 24.2 Å². The molecule has 0 radical (unpaired) electrons.